The van der Waals surface area contributed by atoms with E-state index in [4.69, 9.17) is 4.89 Å². The van der Waals surface area contributed by atoms with Crippen molar-refractivity contribution in [2.75, 3.05) is 6.54 Å². The van der Waals surface area contributed by atoms with Crippen LogP contribution in [0.15, 0.2) is 0 Å². The monoisotopic (exact) mass is 192 g/mol. The lowest BCUT2D eigenvalue weighted by Crippen LogP contribution is -2.21. The van der Waals surface area contributed by atoms with Gasteiger partial charge in [-0.1, -0.05) is 0 Å². The number of nitrogens with one attached hydrogen (secondary N) is 1. The molecular weight excluding hydrogens is 177 g/mol. The number of hydrogen-bond donors (Lipinski definition) is 2. The molecule has 2 unspecified atom stereocenters. The maximum atomic E-state index is 10.5. The lowest BCUT2D eigenvalue weighted by molar-refractivity contribution is -0.118. The molecule has 0 aliphatic carbocycles. The predicted octanol–water partition coefficient (Wildman–Crippen LogP) is 1.03. The highest BCUT2D eigenvalue weighted by Crippen LogP contribution is 2.25. The Morgan fingerprint density at radius 1 is 1.67 bits per heavy atom. The molecule has 0 radical (unpaired) electrons. The Morgan fingerprint density at radius 2 is 2.25 bits per heavy atom. The summed E-state index contributed by atoms with van der Waals surface area (Å²) in [4.78, 5) is 19.1. The summed E-state index contributed by atoms with van der Waals surface area (Å²) < 4.78 is 10.5. The molecule has 4 nitrogen and oxygen atoms in total. The molecule has 0 aliphatic heterocycles. The van der Waals surface area contributed by atoms with Gasteiger partial charge in [0.15, 0.2) is 5.66 Å². The second-order valence-electron chi connectivity index (χ2n) is 2.78. The second kappa shape index (κ2) is 6.09. The zero-order valence-electron chi connectivity index (χ0n) is 7.41. The van der Waals surface area contributed by atoms with Gasteiger partial charge >= 0.3 is 8.03 Å². The fraction of sp³-hybridized carbons (Fsp3) is 0.857. The Balaban J connectivity index is 3.31. The minimum Gasteiger partial charge on any atom is -0.356 e. The molecule has 0 fully saturated rings. The first-order chi connectivity index (χ1) is 5.54. The lowest BCUT2D eigenvalue weighted by atomic mass is 10.2. The van der Waals surface area contributed by atoms with Crippen LogP contribution >= 0.6 is 8.03 Å². The number of rotatable bonds is 5. The highest BCUT2D eigenvalue weighted by atomic mass is 31.1. The average molecular weight is 192 g/mol. The summed E-state index contributed by atoms with van der Waals surface area (Å²) in [5, 5.41) is 2.62. The maximum Gasteiger partial charge on any atom is 0.508 e. The molecule has 0 aromatic heterocycles. The summed E-state index contributed by atoms with van der Waals surface area (Å²) >= 11 is 0. The van der Waals surface area contributed by atoms with Gasteiger partial charge in [0.1, 0.15) is 0 Å². The molecule has 0 heterocycles. The molecule has 2 N–H and O–H groups in total. The first kappa shape index (κ1) is 11.5. The molecule has 2 atom stereocenters. The van der Waals surface area contributed by atoms with Gasteiger partial charge in [0, 0.05) is 13.5 Å². The smallest absolute Gasteiger partial charge is 0.356 e. The molecule has 0 saturated heterocycles. The SMILES string of the molecule is CC(=O)NCCCC(C)[P+](=O)O. The lowest BCUT2D eigenvalue weighted by Gasteiger charge is -2.00. The van der Waals surface area contributed by atoms with Gasteiger partial charge < -0.3 is 5.32 Å². The van der Waals surface area contributed by atoms with Crippen molar-refractivity contribution in [1.82, 2.24) is 5.32 Å². The number of hydrogen-bond acceptors (Lipinski definition) is 2. The van der Waals surface area contributed by atoms with Crippen molar-refractivity contribution in [2.45, 2.75) is 32.3 Å². The van der Waals surface area contributed by atoms with Gasteiger partial charge in [-0.3, -0.25) is 4.79 Å². The van der Waals surface area contributed by atoms with Crippen LogP contribution < -0.4 is 5.32 Å². The summed E-state index contributed by atoms with van der Waals surface area (Å²) in [7, 11) is -2.06. The molecule has 5 heteroatoms. The van der Waals surface area contributed by atoms with Crippen molar-refractivity contribution < 1.29 is 14.3 Å². The maximum absolute atomic E-state index is 10.5. The van der Waals surface area contributed by atoms with Crippen LogP contribution in [0.4, 0.5) is 0 Å². The van der Waals surface area contributed by atoms with E-state index in [1.54, 1.807) is 6.92 Å². The number of amides is 1. The molecule has 0 aromatic carbocycles. The van der Waals surface area contributed by atoms with E-state index in [1.807, 2.05) is 0 Å². The van der Waals surface area contributed by atoms with E-state index in [2.05, 4.69) is 5.32 Å². The van der Waals surface area contributed by atoms with Gasteiger partial charge in [0.25, 0.3) is 0 Å². The Bertz CT molecular complexity index is 172. The van der Waals surface area contributed by atoms with Crippen molar-refractivity contribution in [3.8, 4) is 0 Å². The average Bonchev–Trinajstić information content (AvgIpc) is 1.97. The first-order valence-corrected chi connectivity index (χ1v) is 5.22. The van der Waals surface area contributed by atoms with Gasteiger partial charge in [0.05, 0.1) is 0 Å². The quantitative estimate of drug-likeness (QED) is 0.505. The minimum absolute atomic E-state index is 0.0592. The fourth-order valence-electron chi connectivity index (χ4n) is 0.772. The molecule has 1 amide bonds. The molecule has 0 saturated carbocycles. The van der Waals surface area contributed by atoms with Crippen LogP contribution in [0.5, 0.6) is 0 Å². The van der Waals surface area contributed by atoms with Gasteiger partial charge in [-0.25, -0.2) is 0 Å². The van der Waals surface area contributed by atoms with Crippen molar-refractivity contribution in [3.05, 3.63) is 0 Å². The van der Waals surface area contributed by atoms with E-state index in [9.17, 15) is 9.36 Å². The highest BCUT2D eigenvalue weighted by Gasteiger charge is 2.21. The van der Waals surface area contributed by atoms with Crippen molar-refractivity contribution >= 4 is 13.9 Å². The fourth-order valence-corrected chi connectivity index (χ4v) is 1.18. The normalized spacial score (nSPS) is 13.8. The van der Waals surface area contributed by atoms with E-state index in [-0.39, 0.29) is 11.6 Å². The third-order valence-corrected chi connectivity index (χ3v) is 2.56. The molecular formula is C7H15NO3P+. The topological polar surface area (TPSA) is 66.4 Å². The standard InChI is InChI=1S/C7H14NO3P/c1-6(12(10)11)4-3-5-8-7(2)9/h6H,3-5H2,1-2H3,(H-,8,9,10,11)/p+1. The van der Waals surface area contributed by atoms with E-state index >= 15 is 0 Å². The molecule has 0 aliphatic rings. The number of carbonyl (C=O) groups is 1. The molecule has 0 rings (SSSR count). The summed E-state index contributed by atoms with van der Waals surface area (Å²) in [5.74, 6) is -0.0592. The Kier molecular flexibility index (Phi) is 5.85. The van der Waals surface area contributed by atoms with Gasteiger partial charge in [-0.2, -0.15) is 4.89 Å². The van der Waals surface area contributed by atoms with Crippen molar-refractivity contribution in [1.29, 1.82) is 0 Å². The van der Waals surface area contributed by atoms with Crippen LogP contribution in [0.3, 0.4) is 0 Å². The zero-order chi connectivity index (χ0) is 9.56. The molecule has 0 spiro atoms. The first-order valence-electron chi connectivity index (χ1n) is 3.93. The van der Waals surface area contributed by atoms with Crippen LogP contribution in [-0.4, -0.2) is 23.0 Å². The molecule has 0 aromatic rings. The Labute approximate surface area is 73.2 Å². The minimum atomic E-state index is -2.06. The predicted molar refractivity (Wildman–Crippen MR) is 47.2 cm³/mol. The van der Waals surface area contributed by atoms with Crippen LogP contribution in [0.1, 0.15) is 26.7 Å². The van der Waals surface area contributed by atoms with Crippen LogP contribution in [-0.2, 0) is 9.36 Å². The largest absolute Gasteiger partial charge is 0.508 e. The van der Waals surface area contributed by atoms with Crippen LogP contribution in [0.2, 0.25) is 0 Å². The number of carbonyl (C=O) groups excluding carboxylic acids is 1. The third kappa shape index (κ3) is 6.25. The Morgan fingerprint density at radius 3 is 2.67 bits per heavy atom. The third-order valence-electron chi connectivity index (χ3n) is 1.55. The van der Waals surface area contributed by atoms with E-state index < -0.39 is 8.03 Å². The zero-order valence-corrected chi connectivity index (χ0v) is 8.30. The van der Waals surface area contributed by atoms with Crippen LogP contribution in [0, 0.1) is 0 Å². The van der Waals surface area contributed by atoms with E-state index in [1.165, 1.54) is 6.92 Å². The van der Waals surface area contributed by atoms with Gasteiger partial charge in [0.2, 0.25) is 5.91 Å². The van der Waals surface area contributed by atoms with Crippen molar-refractivity contribution in [3.63, 3.8) is 0 Å². The van der Waals surface area contributed by atoms with E-state index in [0.717, 1.165) is 6.42 Å². The second-order valence-corrected chi connectivity index (χ2v) is 4.26. The summed E-state index contributed by atoms with van der Waals surface area (Å²) in [6.07, 6.45) is 1.42. The van der Waals surface area contributed by atoms with Gasteiger partial charge in [-0.05, 0) is 24.3 Å². The molecule has 12 heavy (non-hydrogen) atoms. The van der Waals surface area contributed by atoms with Crippen molar-refractivity contribution in [2.24, 2.45) is 0 Å². The molecule has 70 valence electrons. The summed E-state index contributed by atoms with van der Waals surface area (Å²) in [6.45, 7) is 3.77. The summed E-state index contributed by atoms with van der Waals surface area (Å²) in [5.41, 5.74) is -0.172. The summed E-state index contributed by atoms with van der Waals surface area (Å²) in [6, 6.07) is 0. The molecule has 0 bridgehead atoms. The van der Waals surface area contributed by atoms with Crippen LogP contribution in [0.25, 0.3) is 0 Å². The Hall–Kier alpha value is -0.470. The van der Waals surface area contributed by atoms with Gasteiger partial charge in [-0.15, -0.1) is 0 Å². The van der Waals surface area contributed by atoms with E-state index in [0.29, 0.717) is 13.0 Å². The highest BCUT2D eigenvalue weighted by molar-refractivity contribution is 7.38.